The second-order valence-corrected chi connectivity index (χ2v) is 7.77. The molecule has 1 aliphatic rings. The molecule has 1 aromatic carbocycles. The summed E-state index contributed by atoms with van der Waals surface area (Å²) in [7, 11) is 0. The summed E-state index contributed by atoms with van der Waals surface area (Å²) in [5, 5.41) is 6.57. The standard InChI is InChI=1S/C22H23ClN6O2/c1-15-24-8-10-28(15)9-2-7-25-22(31)17-11-19-21(26-12-17)27-13-20(30)29(19)14-16-3-5-18(23)6-4-16/h3-6,8,10-12H,2,7,9,13-14H2,1H3,(H,25,31)(H,26,27). The Morgan fingerprint density at radius 3 is 2.81 bits per heavy atom. The van der Waals surface area contributed by atoms with Crippen molar-refractivity contribution in [1.82, 2.24) is 19.9 Å². The summed E-state index contributed by atoms with van der Waals surface area (Å²) in [6.45, 7) is 3.79. The van der Waals surface area contributed by atoms with Gasteiger partial charge in [-0.3, -0.25) is 9.59 Å². The molecule has 0 saturated carbocycles. The zero-order valence-corrected chi connectivity index (χ0v) is 17.9. The number of halogens is 1. The summed E-state index contributed by atoms with van der Waals surface area (Å²) in [5.74, 6) is 1.23. The lowest BCUT2D eigenvalue weighted by atomic mass is 10.1. The topological polar surface area (TPSA) is 92.2 Å². The van der Waals surface area contributed by atoms with Crippen LogP contribution in [0.3, 0.4) is 0 Å². The second-order valence-electron chi connectivity index (χ2n) is 7.33. The summed E-state index contributed by atoms with van der Waals surface area (Å²) in [5.41, 5.74) is 1.94. The zero-order valence-electron chi connectivity index (χ0n) is 17.1. The van der Waals surface area contributed by atoms with Crippen molar-refractivity contribution >= 4 is 34.9 Å². The molecular formula is C22H23ClN6O2. The maximum absolute atomic E-state index is 12.6. The molecule has 0 unspecified atom stereocenters. The number of amides is 2. The van der Waals surface area contributed by atoms with Gasteiger partial charge in [-0.25, -0.2) is 9.97 Å². The molecule has 9 heteroatoms. The highest BCUT2D eigenvalue weighted by Gasteiger charge is 2.26. The van der Waals surface area contributed by atoms with Crippen molar-refractivity contribution in [1.29, 1.82) is 0 Å². The molecule has 2 N–H and O–H groups in total. The largest absolute Gasteiger partial charge is 0.359 e. The molecule has 4 rings (SSSR count). The average molecular weight is 439 g/mol. The smallest absolute Gasteiger partial charge is 0.252 e. The predicted molar refractivity (Wildman–Crippen MR) is 119 cm³/mol. The average Bonchev–Trinajstić information content (AvgIpc) is 3.18. The molecule has 0 atom stereocenters. The number of carbonyl (C=O) groups excluding carboxylic acids is 2. The number of anilines is 2. The van der Waals surface area contributed by atoms with Crippen LogP contribution in [0.15, 0.2) is 48.9 Å². The molecule has 0 radical (unpaired) electrons. The third kappa shape index (κ3) is 4.86. The molecule has 0 bridgehead atoms. The van der Waals surface area contributed by atoms with Gasteiger partial charge < -0.3 is 20.1 Å². The van der Waals surface area contributed by atoms with Crippen LogP contribution in [0.5, 0.6) is 0 Å². The first-order valence-corrected chi connectivity index (χ1v) is 10.4. The lowest BCUT2D eigenvalue weighted by molar-refractivity contribution is -0.117. The summed E-state index contributed by atoms with van der Waals surface area (Å²) in [4.78, 5) is 35.4. The lowest BCUT2D eigenvalue weighted by Crippen LogP contribution is -2.40. The Morgan fingerprint density at radius 1 is 1.26 bits per heavy atom. The normalized spacial score (nSPS) is 13.0. The monoisotopic (exact) mass is 438 g/mol. The summed E-state index contributed by atoms with van der Waals surface area (Å²) in [6, 6.07) is 9.04. The first-order valence-electron chi connectivity index (χ1n) is 10.1. The lowest BCUT2D eigenvalue weighted by Gasteiger charge is -2.29. The van der Waals surface area contributed by atoms with Crippen LogP contribution in [0.4, 0.5) is 11.5 Å². The van der Waals surface area contributed by atoms with Gasteiger partial charge in [0.2, 0.25) is 5.91 Å². The van der Waals surface area contributed by atoms with Crippen LogP contribution in [0.25, 0.3) is 0 Å². The number of carbonyl (C=O) groups is 2. The highest BCUT2D eigenvalue weighted by atomic mass is 35.5. The minimum atomic E-state index is -0.220. The number of nitrogens with zero attached hydrogens (tertiary/aromatic N) is 4. The minimum absolute atomic E-state index is 0.0856. The third-order valence-corrected chi connectivity index (χ3v) is 5.42. The van der Waals surface area contributed by atoms with Crippen molar-refractivity contribution in [3.63, 3.8) is 0 Å². The molecule has 160 valence electrons. The highest BCUT2D eigenvalue weighted by Crippen LogP contribution is 2.30. The molecule has 0 saturated heterocycles. The molecule has 0 spiro atoms. The van der Waals surface area contributed by atoms with Crippen molar-refractivity contribution < 1.29 is 9.59 Å². The van der Waals surface area contributed by atoms with Crippen LogP contribution in [-0.4, -0.2) is 39.4 Å². The van der Waals surface area contributed by atoms with Gasteiger partial charge >= 0.3 is 0 Å². The molecule has 0 fully saturated rings. The van der Waals surface area contributed by atoms with Gasteiger partial charge in [-0.1, -0.05) is 23.7 Å². The molecule has 0 aliphatic carbocycles. The number of aryl methyl sites for hydroxylation is 2. The summed E-state index contributed by atoms with van der Waals surface area (Å²) in [6.07, 6.45) is 5.99. The number of benzene rings is 1. The Kier molecular flexibility index (Phi) is 6.18. The number of aromatic nitrogens is 3. The van der Waals surface area contributed by atoms with E-state index in [1.165, 1.54) is 6.20 Å². The van der Waals surface area contributed by atoms with E-state index < -0.39 is 0 Å². The van der Waals surface area contributed by atoms with E-state index in [4.69, 9.17) is 11.6 Å². The zero-order chi connectivity index (χ0) is 21.8. The van der Waals surface area contributed by atoms with Crippen LogP contribution in [-0.2, 0) is 17.9 Å². The van der Waals surface area contributed by atoms with Crippen molar-refractivity contribution in [3.8, 4) is 0 Å². The summed E-state index contributed by atoms with van der Waals surface area (Å²) < 4.78 is 2.04. The Bertz CT molecular complexity index is 1100. The molecule has 31 heavy (non-hydrogen) atoms. The number of fused-ring (bicyclic) bond motifs is 1. The Hall–Kier alpha value is -3.39. The first kappa shape index (κ1) is 20.9. The molecule has 1 aliphatic heterocycles. The van der Waals surface area contributed by atoms with E-state index in [9.17, 15) is 9.59 Å². The fourth-order valence-corrected chi connectivity index (χ4v) is 3.57. The SMILES string of the molecule is Cc1nccn1CCCNC(=O)c1cnc2c(c1)N(Cc1ccc(Cl)cc1)C(=O)CN2. The fraction of sp³-hybridized carbons (Fsp3) is 0.273. The molecular weight excluding hydrogens is 416 g/mol. The Morgan fingerprint density at radius 2 is 2.06 bits per heavy atom. The number of hydrogen-bond donors (Lipinski definition) is 2. The van der Waals surface area contributed by atoms with E-state index >= 15 is 0 Å². The maximum Gasteiger partial charge on any atom is 0.252 e. The number of imidazole rings is 1. The second kappa shape index (κ2) is 9.18. The fourth-order valence-electron chi connectivity index (χ4n) is 3.45. The summed E-state index contributed by atoms with van der Waals surface area (Å²) >= 11 is 5.96. The highest BCUT2D eigenvalue weighted by molar-refractivity contribution is 6.30. The van der Waals surface area contributed by atoms with E-state index in [1.807, 2.05) is 29.8 Å². The number of nitrogens with one attached hydrogen (secondary N) is 2. The molecule has 8 nitrogen and oxygen atoms in total. The van der Waals surface area contributed by atoms with Crippen LogP contribution in [0.1, 0.15) is 28.2 Å². The van der Waals surface area contributed by atoms with Crippen LogP contribution < -0.4 is 15.5 Å². The van der Waals surface area contributed by atoms with Crippen LogP contribution >= 0.6 is 11.6 Å². The van der Waals surface area contributed by atoms with E-state index in [-0.39, 0.29) is 18.4 Å². The quantitative estimate of drug-likeness (QED) is 0.553. The van der Waals surface area contributed by atoms with Crippen LogP contribution in [0.2, 0.25) is 5.02 Å². The van der Waals surface area contributed by atoms with Crippen molar-refractivity contribution in [2.45, 2.75) is 26.4 Å². The maximum atomic E-state index is 12.6. The predicted octanol–water partition coefficient (Wildman–Crippen LogP) is 3.02. The van der Waals surface area contributed by atoms with Gasteiger partial charge in [-0.05, 0) is 37.1 Å². The van der Waals surface area contributed by atoms with Gasteiger partial charge in [0.15, 0.2) is 5.82 Å². The molecule has 3 aromatic rings. The minimum Gasteiger partial charge on any atom is -0.359 e. The van der Waals surface area contributed by atoms with Crippen molar-refractivity contribution in [3.05, 3.63) is 70.9 Å². The molecule has 3 heterocycles. The van der Waals surface area contributed by atoms with Crippen LogP contribution in [0, 0.1) is 6.92 Å². The Labute approximate surface area is 185 Å². The van der Waals surface area contributed by atoms with Gasteiger partial charge in [0.1, 0.15) is 5.82 Å². The van der Waals surface area contributed by atoms with E-state index in [0.717, 1.165) is 24.4 Å². The first-order chi connectivity index (χ1) is 15.0. The number of hydrogen-bond acceptors (Lipinski definition) is 5. The van der Waals surface area contributed by atoms with Gasteiger partial charge in [0.25, 0.3) is 5.91 Å². The number of rotatable bonds is 7. The van der Waals surface area contributed by atoms with Crippen molar-refractivity contribution in [2.75, 3.05) is 23.3 Å². The van der Waals surface area contributed by atoms with E-state index in [1.54, 1.807) is 29.3 Å². The molecule has 2 aromatic heterocycles. The molecule has 2 amide bonds. The van der Waals surface area contributed by atoms with Gasteiger partial charge in [0, 0.05) is 36.7 Å². The van der Waals surface area contributed by atoms with E-state index in [0.29, 0.717) is 35.2 Å². The van der Waals surface area contributed by atoms with Gasteiger partial charge in [-0.15, -0.1) is 0 Å². The Balaban J connectivity index is 1.43. The van der Waals surface area contributed by atoms with Crippen molar-refractivity contribution in [2.24, 2.45) is 0 Å². The number of pyridine rings is 1. The van der Waals surface area contributed by atoms with Gasteiger partial charge in [0.05, 0.1) is 24.3 Å². The van der Waals surface area contributed by atoms with E-state index in [2.05, 4.69) is 20.6 Å². The van der Waals surface area contributed by atoms with Gasteiger partial charge in [-0.2, -0.15) is 0 Å². The third-order valence-electron chi connectivity index (χ3n) is 5.17.